The Morgan fingerprint density at radius 1 is 0.900 bits per heavy atom. The Hall–Kier alpha value is -2.13. The highest BCUT2D eigenvalue weighted by atomic mass is 32.1. The van der Waals surface area contributed by atoms with Crippen molar-refractivity contribution in [3.8, 4) is 11.1 Å². The molecule has 0 aliphatic rings. The highest BCUT2D eigenvalue weighted by molar-refractivity contribution is 7.10. The maximum absolute atomic E-state index is 13.1. The van der Waals surface area contributed by atoms with E-state index in [0.717, 1.165) is 5.69 Å². The lowest BCUT2D eigenvalue weighted by Crippen LogP contribution is -1.97. The molecule has 0 saturated carbocycles. The van der Waals surface area contributed by atoms with Gasteiger partial charge in [0.1, 0.15) is 5.82 Å². The first kappa shape index (κ1) is 12.9. The van der Waals surface area contributed by atoms with Crippen LogP contribution < -0.4 is 5.32 Å². The summed E-state index contributed by atoms with van der Waals surface area (Å²) in [6, 6.07) is 19.0. The van der Waals surface area contributed by atoms with Crippen LogP contribution in [0.15, 0.2) is 66.0 Å². The van der Waals surface area contributed by atoms with E-state index < -0.39 is 0 Å². The van der Waals surface area contributed by atoms with E-state index in [1.807, 2.05) is 24.3 Å². The zero-order valence-electron chi connectivity index (χ0n) is 10.8. The minimum absolute atomic E-state index is 0.217. The summed E-state index contributed by atoms with van der Waals surface area (Å²) in [7, 11) is 0. The standard InChI is InChI=1S/C17H14FNS/c18-15-7-4-8-16(10-15)19-11-17-9-14(12-20-17)13-5-2-1-3-6-13/h1-10,12,19H,11H2. The lowest BCUT2D eigenvalue weighted by molar-refractivity contribution is 0.628. The molecule has 0 amide bonds. The van der Waals surface area contributed by atoms with E-state index in [9.17, 15) is 4.39 Å². The Bertz CT molecular complexity index is 691. The second-order valence-electron chi connectivity index (χ2n) is 4.53. The number of hydrogen-bond donors (Lipinski definition) is 1. The van der Waals surface area contributed by atoms with Crippen molar-refractivity contribution in [2.24, 2.45) is 0 Å². The topological polar surface area (TPSA) is 12.0 Å². The van der Waals surface area contributed by atoms with Gasteiger partial charge in [0.25, 0.3) is 0 Å². The molecule has 1 heterocycles. The summed E-state index contributed by atoms with van der Waals surface area (Å²) < 4.78 is 13.1. The molecule has 1 aromatic heterocycles. The molecule has 0 atom stereocenters. The van der Waals surface area contributed by atoms with Gasteiger partial charge in [-0.2, -0.15) is 0 Å². The van der Waals surface area contributed by atoms with Gasteiger partial charge in [0.2, 0.25) is 0 Å². The Morgan fingerprint density at radius 3 is 2.55 bits per heavy atom. The van der Waals surface area contributed by atoms with Crippen molar-refractivity contribution in [3.05, 3.63) is 76.7 Å². The summed E-state index contributed by atoms with van der Waals surface area (Å²) in [4.78, 5) is 1.23. The third kappa shape index (κ3) is 3.06. The van der Waals surface area contributed by atoms with Gasteiger partial charge >= 0.3 is 0 Å². The second-order valence-corrected chi connectivity index (χ2v) is 5.53. The van der Waals surface area contributed by atoms with Crippen molar-refractivity contribution < 1.29 is 4.39 Å². The zero-order valence-corrected chi connectivity index (χ0v) is 11.7. The van der Waals surface area contributed by atoms with Crippen molar-refractivity contribution in [1.82, 2.24) is 0 Å². The van der Waals surface area contributed by atoms with Gasteiger partial charge in [0, 0.05) is 17.1 Å². The third-order valence-electron chi connectivity index (χ3n) is 3.05. The van der Waals surface area contributed by atoms with Gasteiger partial charge in [-0.1, -0.05) is 36.4 Å². The largest absolute Gasteiger partial charge is 0.380 e. The monoisotopic (exact) mass is 283 g/mol. The third-order valence-corrected chi connectivity index (χ3v) is 3.99. The molecule has 3 heteroatoms. The predicted octanol–water partition coefficient (Wildman–Crippen LogP) is 5.17. The number of benzene rings is 2. The van der Waals surface area contributed by atoms with Crippen LogP contribution >= 0.6 is 11.3 Å². The molecule has 0 aliphatic heterocycles. The van der Waals surface area contributed by atoms with E-state index in [2.05, 4.69) is 28.9 Å². The molecule has 3 rings (SSSR count). The Morgan fingerprint density at radius 2 is 1.75 bits per heavy atom. The van der Waals surface area contributed by atoms with Crippen LogP contribution in [-0.4, -0.2) is 0 Å². The number of hydrogen-bond acceptors (Lipinski definition) is 2. The van der Waals surface area contributed by atoms with E-state index in [0.29, 0.717) is 6.54 Å². The Kier molecular flexibility index (Phi) is 3.79. The maximum Gasteiger partial charge on any atom is 0.125 e. The second kappa shape index (κ2) is 5.88. The number of halogens is 1. The summed E-state index contributed by atoms with van der Waals surface area (Å²) in [5.74, 6) is -0.217. The van der Waals surface area contributed by atoms with Crippen LogP contribution in [0.5, 0.6) is 0 Å². The molecule has 0 bridgehead atoms. The molecule has 0 radical (unpaired) electrons. The maximum atomic E-state index is 13.1. The predicted molar refractivity (Wildman–Crippen MR) is 83.5 cm³/mol. The summed E-state index contributed by atoms with van der Waals surface area (Å²) in [5.41, 5.74) is 3.26. The molecular weight excluding hydrogens is 269 g/mol. The molecule has 100 valence electrons. The summed E-state index contributed by atoms with van der Waals surface area (Å²) in [6.45, 7) is 0.709. The zero-order chi connectivity index (χ0) is 13.8. The van der Waals surface area contributed by atoms with Gasteiger partial charge < -0.3 is 5.32 Å². The first-order valence-electron chi connectivity index (χ1n) is 6.43. The van der Waals surface area contributed by atoms with Crippen LogP contribution in [0.4, 0.5) is 10.1 Å². The molecule has 1 N–H and O–H groups in total. The average molecular weight is 283 g/mol. The van der Waals surface area contributed by atoms with E-state index >= 15 is 0 Å². The fourth-order valence-corrected chi connectivity index (χ4v) is 2.88. The highest BCUT2D eigenvalue weighted by Gasteiger charge is 2.02. The van der Waals surface area contributed by atoms with Crippen LogP contribution in [0.3, 0.4) is 0 Å². The van der Waals surface area contributed by atoms with Gasteiger partial charge in [-0.25, -0.2) is 4.39 Å². The first-order valence-corrected chi connectivity index (χ1v) is 7.31. The minimum Gasteiger partial charge on any atom is -0.380 e. The fourth-order valence-electron chi connectivity index (χ4n) is 2.04. The average Bonchev–Trinajstić information content (AvgIpc) is 2.95. The summed E-state index contributed by atoms with van der Waals surface area (Å²) in [5, 5.41) is 5.39. The molecule has 2 aromatic carbocycles. The van der Waals surface area contributed by atoms with Gasteiger partial charge in [-0.15, -0.1) is 11.3 Å². The number of anilines is 1. The van der Waals surface area contributed by atoms with Crippen molar-refractivity contribution in [2.75, 3.05) is 5.32 Å². The van der Waals surface area contributed by atoms with Crippen molar-refractivity contribution in [2.45, 2.75) is 6.54 Å². The van der Waals surface area contributed by atoms with Crippen LogP contribution in [-0.2, 0) is 6.54 Å². The van der Waals surface area contributed by atoms with Crippen LogP contribution in [0.25, 0.3) is 11.1 Å². The smallest absolute Gasteiger partial charge is 0.125 e. The van der Waals surface area contributed by atoms with Crippen LogP contribution in [0.1, 0.15) is 4.88 Å². The van der Waals surface area contributed by atoms with Gasteiger partial charge in [0.05, 0.1) is 0 Å². The van der Waals surface area contributed by atoms with E-state index in [4.69, 9.17) is 0 Å². The van der Waals surface area contributed by atoms with E-state index in [1.165, 1.54) is 28.1 Å². The van der Waals surface area contributed by atoms with E-state index in [-0.39, 0.29) is 5.82 Å². The molecule has 0 spiro atoms. The molecule has 20 heavy (non-hydrogen) atoms. The number of thiophene rings is 1. The van der Waals surface area contributed by atoms with E-state index in [1.54, 1.807) is 17.4 Å². The van der Waals surface area contributed by atoms with Gasteiger partial charge in [0.15, 0.2) is 0 Å². The van der Waals surface area contributed by atoms with Crippen LogP contribution in [0, 0.1) is 5.82 Å². The highest BCUT2D eigenvalue weighted by Crippen LogP contribution is 2.26. The molecule has 0 fully saturated rings. The quantitative estimate of drug-likeness (QED) is 0.697. The molecule has 0 aliphatic carbocycles. The molecule has 0 saturated heterocycles. The van der Waals surface area contributed by atoms with Crippen molar-refractivity contribution in [1.29, 1.82) is 0 Å². The lowest BCUT2D eigenvalue weighted by atomic mass is 10.1. The van der Waals surface area contributed by atoms with Gasteiger partial charge in [-0.3, -0.25) is 0 Å². The fraction of sp³-hybridized carbons (Fsp3) is 0.0588. The molecular formula is C17H14FNS. The van der Waals surface area contributed by atoms with Crippen molar-refractivity contribution in [3.63, 3.8) is 0 Å². The SMILES string of the molecule is Fc1cccc(NCc2cc(-c3ccccc3)cs2)c1. The molecule has 3 aromatic rings. The summed E-state index contributed by atoms with van der Waals surface area (Å²) >= 11 is 1.71. The van der Waals surface area contributed by atoms with Gasteiger partial charge in [-0.05, 0) is 40.8 Å². The lowest BCUT2D eigenvalue weighted by Gasteiger charge is -2.04. The Balaban J connectivity index is 1.69. The first-order chi connectivity index (χ1) is 9.81. The molecule has 0 unspecified atom stereocenters. The Labute approximate surface area is 121 Å². The van der Waals surface area contributed by atoms with Crippen LogP contribution in [0.2, 0.25) is 0 Å². The number of nitrogens with one attached hydrogen (secondary N) is 1. The minimum atomic E-state index is -0.217. The normalized spacial score (nSPS) is 10.4. The summed E-state index contributed by atoms with van der Waals surface area (Å²) in [6.07, 6.45) is 0. The van der Waals surface area contributed by atoms with Crippen molar-refractivity contribution >= 4 is 17.0 Å². The number of rotatable bonds is 4. The molecule has 1 nitrogen and oxygen atoms in total.